The highest BCUT2D eigenvalue weighted by Gasteiger charge is 2.23. The zero-order valence-electron chi connectivity index (χ0n) is 11.3. The Bertz CT molecular complexity index is 583. The van der Waals surface area contributed by atoms with E-state index >= 15 is 0 Å². The molecule has 0 atom stereocenters. The Morgan fingerprint density at radius 1 is 1.20 bits per heavy atom. The molecule has 20 heavy (non-hydrogen) atoms. The van der Waals surface area contributed by atoms with E-state index in [4.69, 9.17) is 4.74 Å². The fourth-order valence-electron chi connectivity index (χ4n) is 2.51. The monoisotopic (exact) mass is 297 g/mol. The number of benzene rings is 1. The standard InChI is InChI=1S/C13H19N3O3S/c17-20(18,16-3-5-19-6-4-16)15-8-11-1-2-12-9-14-10-13(12)7-11/h1-2,7,14-15H,3-6,8-10H2. The van der Waals surface area contributed by atoms with E-state index in [1.165, 1.54) is 15.4 Å². The van der Waals surface area contributed by atoms with Gasteiger partial charge in [0.05, 0.1) is 13.2 Å². The highest BCUT2D eigenvalue weighted by molar-refractivity contribution is 7.87. The smallest absolute Gasteiger partial charge is 0.279 e. The molecule has 2 aliphatic rings. The zero-order valence-corrected chi connectivity index (χ0v) is 12.1. The third-order valence-electron chi connectivity index (χ3n) is 3.67. The summed E-state index contributed by atoms with van der Waals surface area (Å²) in [5, 5.41) is 3.28. The largest absolute Gasteiger partial charge is 0.379 e. The number of nitrogens with one attached hydrogen (secondary N) is 2. The molecule has 0 aromatic heterocycles. The number of hydrogen-bond acceptors (Lipinski definition) is 4. The molecule has 6 nitrogen and oxygen atoms in total. The van der Waals surface area contributed by atoms with E-state index in [1.54, 1.807) is 0 Å². The Labute approximate surface area is 119 Å². The summed E-state index contributed by atoms with van der Waals surface area (Å²) in [4.78, 5) is 0. The Balaban J connectivity index is 1.63. The van der Waals surface area contributed by atoms with Gasteiger partial charge >= 0.3 is 0 Å². The van der Waals surface area contributed by atoms with Crippen LogP contribution in [-0.4, -0.2) is 39.0 Å². The molecule has 0 spiro atoms. The Hall–Kier alpha value is -0.990. The van der Waals surface area contributed by atoms with Crippen LogP contribution in [0, 0.1) is 0 Å². The normalized spacial score (nSPS) is 20.0. The number of ether oxygens (including phenoxy) is 1. The van der Waals surface area contributed by atoms with Crippen LogP contribution in [0.3, 0.4) is 0 Å². The lowest BCUT2D eigenvalue weighted by Gasteiger charge is -2.26. The first-order chi connectivity index (χ1) is 9.65. The lowest BCUT2D eigenvalue weighted by Crippen LogP contribution is -2.46. The minimum absolute atomic E-state index is 0.326. The van der Waals surface area contributed by atoms with Gasteiger partial charge in [0.2, 0.25) is 0 Å². The lowest BCUT2D eigenvalue weighted by molar-refractivity contribution is 0.0725. The first kappa shape index (κ1) is 14.0. The molecule has 2 heterocycles. The van der Waals surface area contributed by atoms with Crippen LogP contribution in [-0.2, 0) is 34.6 Å². The van der Waals surface area contributed by atoms with Crippen LogP contribution in [0.5, 0.6) is 0 Å². The summed E-state index contributed by atoms with van der Waals surface area (Å²) in [5.41, 5.74) is 3.54. The van der Waals surface area contributed by atoms with E-state index in [9.17, 15) is 8.42 Å². The number of nitrogens with zero attached hydrogens (tertiary/aromatic N) is 1. The van der Waals surface area contributed by atoms with Crippen LogP contribution in [0.25, 0.3) is 0 Å². The molecule has 0 amide bonds. The van der Waals surface area contributed by atoms with E-state index in [-0.39, 0.29) is 0 Å². The topological polar surface area (TPSA) is 70.7 Å². The van der Waals surface area contributed by atoms with Gasteiger partial charge in [-0.25, -0.2) is 0 Å². The van der Waals surface area contributed by atoms with Gasteiger partial charge in [-0.05, 0) is 16.7 Å². The van der Waals surface area contributed by atoms with Gasteiger partial charge in [-0.3, -0.25) is 0 Å². The van der Waals surface area contributed by atoms with Gasteiger partial charge in [0, 0.05) is 32.7 Å². The fraction of sp³-hybridized carbons (Fsp3) is 0.538. The Morgan fingerprint density at radius 2 is 1.95 bits per heavy atom. The van der Waals surface area contributed by atoms with Crippen molar-refractivity contribution in [3.05, 3.63) is 34.9 Å². The maximum absolute atomic E-state index is 12.1. The number of rotatable bonds is 4. The summed E-state index contributed by atoms with van der Waals surface area (Å²) in [6, 6.07) is 6.11. The number of hydrogen-bond donors (Lipinski definition) is 2. The molecule has 7 heteroatoms. The Kier molecular flexibility index (Phi) is 4.04. The molecule has 2 aliphatic heterocycles. The molecule has 1 saturated heterocycles. The zero-order chi connectivity index (χ0) is 14.0. The van der Waals surface area contributed by atoms with Crippen molar-refractivity contribution < 1.29 is 13.2 Å². The predicted molar refractivity (Wildman–Crippen MR) is 75.1 cm³/mol. The fourth-order valence-corrected chi connectivity index (χ4v) is 3.67. The van der Waals surface area contributed by atoms with E-state index < -0.39 is 10.2 Å². The minimum atomic E-state index is -3.41. The third kappa shape index (κ3) is 3.02. The van der Waals surface area contributed by atoms with E-state index in [1.807, 2.05) is 6.07 Å². The second kappa shape index (κ2) is 5.79. The maximum atomic E-state index is 12.1. The van der Waals surface area contributed by atoms with Crippen molar-refractivity contribution in [2.75, 3.05) is 26.3 Å². The highest BCUT2D eigenvalue weighted by Crippen LogP contribution is 2.17. The van der Waals surface area contributed by atoms with Crippen LogP contribution in [0.15, 0.2) is 18.2 Å². The molecule has 0 bridgehead atoms. The molecule has 1 aromatic carbocycles. The van der Waals surface area contributed by atoms with Crippen LogP contribution < -0.4 is 10.0 Å². The molecule has 0 aliphatic carbocycles. The second-order valence-electron chi connectivity index (χ2n) is 5.04. The predicted octanol–water partition coefficient (Wildman–Crippen LogP) is -0.0436. The van der Waals surface area contributed by atoms with Crippen LogP contribution in [0.2, 0.25) is 0 Å². The summed E-state index contributed by atoms with van der Waals surface area (Å²) in [5.74, 6) is 0. The average Bonchev–Trinajstić information content (AvgIpc) is 2.94. The molecule has 110 valence electrons. The summed E-state index contributed by atoms with van der Waals surface area (Å²) >= 11 is 0. The van der Waals surface area contributed by atoms with Gasteiger partial charge in [0.15, 0.2) is 0 Å². The van der Waals surface area contributed by atoms with Crippen molar-refractivity contribution in [1.29, 1.82) is 0 Å². The van der Waals surface area contributed by atoms with Gasteiger partial charge in [-0.2, -0.15) is 17.4 Å². The number of morpholine rings is 1. The number of fused-ring (bicyclic) bond motifs is 1. The highest BCUT2D eigenvalue weighted by atomic mass is 32.2. The summed E-state index contributed by atoms with van der Waals surface area (Å²) in [6.07, 6.45) is 0. The minimum Gasteiger partial charge on any atom is -0.379 e. The van der Waals surface area contributed by atoms with Crippen molar-refractivity contribution in [2.24, 2.45) is 0 Å². The van der Waals surface area contributed by atoms with E-state index in [0.29, 0.717) is 32.8 Å². The van der Waals surface area contributed by atoms with Crippen molar-refractivity contribution in [1.82, 2.24) is 14.3 Å². The SMILES string of the molecule is O=S(=O)(NCc1ccc2c(c1)CNC2)N1CCOCC1. The molecule has 2 N–H and O–H groups in total. The maximum Gasteiger partial charge on any atom is 0.279 e. The van der Waals surface area contributed by atoms with E-state index in [0.717, 1.165) is 18.7 Å². The average molecular weight is 297 g/mol. The third-order valence-corrected chi connectivity index (χ3v) is 5.22. The Morgan fingerprint density at radius 3 is 2.75 bits per heavy atom. The molecule has 1 aromatic rings. The first-order valence-electron chi connectivity index (χ1n) is 6.79. The molecular weight excluding hydrogens is 278 g/mol. The summed E-state index contributed by atoms with van der Waals surface area (Å²) < 4.78 is 33.5. The first-order valence-corrected chi connectivity index (χ1v) is 8.23. The lowest BCUT2D eigenvalue weighted by atomic mass is 10.1. The van der Waals surface area contributed by atoms with Gasteiger partial charge in [0.25, 0.3) is 10.2 Å². The van der Waals surface area contributed by atoms with Crippen LogP contribution >= 0.6 is 0 Å². The van der Waals surface area contributed by atoms with E-state index in [2.05, 4.69) is 22.2 Å². The van der Waals surface area contributed by atoms with Gasteiger partial charge < -0.3 is 10.1 Å². The van der Waals surface area contributed by atoms with Crippen LogP contribution in [0.4, 0.5) is 0 Å². The van der Waals surface area contributed by atoms with Gasteiger partial charge in [-0.1, -0.05) is 18.2 Å². The quantitative estimate of drug-likeness (QED) is 0.818. The van der Waals surface area contributed by atoms with Crippen molar-refractivity contribution >= 4 is 10.2 Å². The molecule has 0 saturated carbocycles. The molecule has 3 rings (SSSR count). The van der Waals surface area contributed by atoms with Gasteiger partial charge in [0.1, 0.15) is 0 Å². The molecule has 0 unspecified atom stereocenters. The second-order valence-corrected chi connectivity index (χ2v) is 6.80. The molecular formula is C13H19N3O3S. The van der Waals surface area contributed by atoms with Crippen LogP contribution in [0.1, 0.15) is 16.7 Å². The van der Waals surface area contributed by atoms with Crippen molar-refractivity contribution in [2.45, 2.75) is 19.6 Å². The van der Waals surface area contributed by atoms with Gasteiger partial charge in [-0.15, -0.1) is 0 Å². The van der Waals surface area contributed by atoms with Crippen molar-refractivity contribution in [3.8, 4) is 0 Å². The summed E-state index contributed by atoms with van der Waals surface area (Å²) in [7, 11) is -3.41. The summed E-state index contributed by atoms with van der Waals surface area (Å²) in [6.45, 7) is 3.85. The molecule has 0 radical (unpaired) electrons. The molecule has 1 fully saturated rings. The van der Waals surface area contributed by atoms with Crippen molar-refractivity contribution in [3.63, 3.8) is 0 Å².